The zero-order valence-corrected chi connectivity index (χ0v) is 15.7. The van der Waals surface area contributed by atoms with Crippen LogP contribution in [0.3, 0.4) is 0 Å². The van der Waals surface area contributed by atoms with Gasteiger partial charge in [-0.15, -0.1) is 0 Å². The Morgan fingerprint density at radius 3 is 2.70 bits per heavy atom. The van der Waals surface area contributed by atoms with E-state index in [1.807, 2.05) is 53.4 Å². The maximum Gasteiger partial charge on any atom is 0.272 e. The minimum absolute atomic E-state index is 0.0711. The average Bonchev–Trinajstić information content (AvgIpc) is 3.04. The molecule has 0 saturated carbocycles. The molecule has 142 valence electrons. The second-order valence-electron chi connectivity index (χ2n) is 7.53. The largest absolute Gasteiger partial charge is 0.494 e. The van der Waals surface area contributed by atoms with E-state index in [0.29, 0.717) is 17.7 Å². The molecule has 3 fully saturated rings. The number of amides is 1. The van der Waals surface area contributed by atoms with Crippen molar-refractivity contribution in [1.29, 1.82) is 0 Å². The molecule has 0 aliphatic carbocycles. The van der Waals surface area contributed by atoms with Gasteiger partial charge in [0.05, 0.1) is 6.61 Å². The van der Waals surface area contributed by atoms with Crippen molar-refractivity contribution < 1.29 is 9.53 Å². The summed E-state index contributed by atoms with van der Waals surface area (Å²) < 4.78 is 5.83. The summed E-state index contributed by atoms with van der Waals surface area (Å²) in [5.41, 5.74) is 0.557. The minimum Gasteiger partial charge on any atom is -0.494 e. The highest BCUT2D eigenvalue weighted by Gasteiger charge is 2.36. The number of nitrogens with zero attached hydrogens (tertiary/aromatic N) is 3. The molecule has 0 unspecified atom stereocenters. The highest BCUT2D eigenvalue weighted by molar-refractivity contribution is 5.92. The molecule has 3 aliphatic rings. The van der Waals surface area contributed by atoms with Crippen LogP contribution in [-0.2, 0) is 0 Å². The van der Waals surface area contributed by atoms with E-state index >= 15 is 0 Å². The van der Waals surface area contributed by atoms with Crippen molar-refractivity contribution in [1.82, 2.24) is 14.8 Å². The van der Waals surface area contributed by atoms with Gasteiger partial charge in [0, 0.05) is 38.4 Å². The maximum absolute atomic E-state index is 12.8. The van der Waals surface area contributed by atoms with Crippen LogP contribution in [0.25, 0.3) is 0 Å². The second-order valence-corrected chi connectivity index (χ2v) is 7.53. The zero-order valence-electron chi connectivity index (χ0n) is 15.7. The monoisotopic (exact) mass is 365 g/mol. The van der Waals surface area contributed by atoms with Crippen molar-refractivity contribution in [2.24, 2.45) is 5.92 Å². The molecule has 3 aliphatic heterocycles. The molecule has 0 N–H and O–H groups in total. The fraction of sp³-hybridized carbons (Fsp3) is 0.455. The quantitative estimate of drug-likeness (QED) is 0.738. The number of pyridine rings is 1. The lowest BCUT2D eigenvalue weighted by atomic mass is 9.95. The van der Waals surface area contributed by atoms with Gasteiger partial charge in [-0.25, -0.2) is 0 Å². The fourth-order valence-electron chi connectivity index (χ4n) is 4.24. The van der Waals surface area contributed by atoms with Gasteiger partial charge < -0.3 is 9.64 Å². The number of benzene rings is 1. The number of carbonyl (C=O) groups is 1. The average molecular weight is 365 g/mol. The van der Waals surface area contributed by atoms with Crippen LogP contribution in [0.2, 0.25) is 0 Å². The lowest BCUT2D eigenvalue weighted by molar-refractivity contribution is 0.0730. The van der Waals surface area contributed by atoms with E-state index in [0.717, 1.165) is 45.0 Å². The van der Waals surface area contributed by atoms with Crippen LogP contribution in [0.4, 0.5) is 0 Å². The summed E-state index contributed by atoms with van der Waals surface area (Å²) in [4.78, 5) is 21.6. The molecule has 1 aromatic heterocycles. The Morgan fingerprint density at radius 2 is 1.89 bits per heavy atom. The van der Waals surface area contributed by atoms with Crippen LogP contribution in [0, 0.1) is 5.92 Å². The number of piperidine rings is 1. The first-order chi connectivity index (χ1) is 13.3. The first kappa shape index (κ1) is 18.0. The van der Waals surface area contributed by atoms with Crippen LogP contribution >= 0.6 is 0 Å². The molecule has 5 heteroatoms. The van der Waals surface area contributed by atoms with E-state index in [2.05, 4.69) is 9.88 Å². The van der Waals surface area contributed by atoms with E-state index < -0.39 is 0 Å². The molecule has 0 spiro atoms. The van der Waals surface area contributed by atoms with Crippen molar-refractivity contribution in [3.63, 3.8) is 0 Å². The van der Waals surface area contributed by atoms with E-state index in [1.165, 1.54) is 12.8 Å². The molecular formula is C22H27N3O2. The van der Waals surface area contributed by atoms with Gasteiger partial charge in [0.15, 0.2) is 0 Å². The summed E-state index contributed by atoms with van der Waals surface area (Å²) in [5.74, 6) is 1.57. The maximum atomic E-state index is 12.8. The molecular weight excluding hydrogens is 338 g/mol. The smallest absolute Gasteiger partial charge is 0.272 e. The fourth-order valence-corrected chi connectivity index (χ4v) is 4.24. The van der Waals surface area contributed by atoms with Crippen LogP contribution in [-0.4, -0.2) is 59.5 Å². The summed E-state index contributed by atoms with van der Waals surface area (Å²) in [7, 11) is 0. The molecule has 1 aromatic carbocycles. The SMILES string of the molecule is O=C(c1ccccn1)N1C[C@H]2CC[C@@H](C1)N(CCCOc1ccccc1)C2. The Kier molecular flexibility index (Phi) is 5.68. The van der Waals surface area contributed by atoms with Gasteiger partial charge >= 0.3 is 0 Å². The van der Waals surface area contributed by atoms with Gasteiger partial charge in [0.2, 0.25) is 0 Å². The minimum atomic E-state index is 0.0711. The molecule has 1 amide bonds. The van der Waals surface area contributed by atoms with E-state index in [-0.39, 0.29) is 5.91 Å². The number of fused-ring (bicyclic) bond motifs is 4. The van der Waals surface area contributed by atoms with Crippen LogP contribution in [0.15, 0.2) is 54.7 Å². The highest BCUT2D eigenvalue weighted by atomic mass is 16.5. The molecule has 2 bridgehead atoms. The number of rotatable bonds is 6. The Bertz CT molecular complexity index is 738. The third-order valence-corrected chi connectivity index (χ3v) is 5.60. The molecule has 5 nitrogen and oxygen atoms in total. The molecule has 5 rings (SSSR count). The van der Waals surface area contributed by atoms with Gasteiger partial charge in [-0.1, -0.05) is 24.3 Å². The van der Waals surface area contributed by atoms with Crippen LogP contribution in [0.1, 0.15) is 29.8 Å². The van der Waals surface area contributed by atoms with E-state index in [4.69, 9.17) is 4.74 Å². The van der Waals surface area contributed by atoms with Crippen molar-refractivity contribution in [3.05, 3.63) is 60.4 Å². The summed E-state index contributed by atoms with van der Waals surface area (Å²) in [6.07, 6.45) is 5.09. The van der Waals surface area contributed by atoms with Crippen molar-refractivity contribution in [2.45, 2.75) is 25.3 Å². The third-order valence-electron chi connectivity index (χ3n) is 5.60. The molecule has 2 atom stereocenters. The number of ether oxygens (including phenoxy) is 1. The summed E-state index contributed by atoms with van der Waals surface area (Å²) >= 11 is 0. The van der Waals surface area contributed by atoms with Gasteiger partial charge in [0.1, 0.15) is 11.4 Å². The van der Waals surface area contributed by atoms with Gasteiger partial charge in [0.25, 0.3) is 5.91 Å². The summed E-state index contributed by atoms with van der Waals surface area (Å²) in [5, 5.41) is 0. The van der Waals surface area contributed by atoms with Gasteiger partial charge in [-0.2, -0.15) is 0 Å². The van der Waals surface area contributed by atoms with Crippen LogP contribution < -0.4 is 4.74 Å². The number of para-hydroxylation sites is 1. The predicted octanol–water partition coefficient (Wildman–Crippen LogP) is 3.09. The molecule has 27 heavy (non-hydrogen) atoms. The second kappa shape index (κ2) is 8.53. The van der Waals surface area contributed by atoms with E-state index in [9.17, 15) is 4.79 Å². The van der Waals surface area contributed by atoms with Gasteiger partial charge in [-0.05, 0) is 49.4 Å². The van der Waals surface area contributed by atoms with E-state index in [1.54, 1.807) is 6.20 Å². The third kappa shape index (κ3) is 4.48. The first-order valence-electron chi connectivity index (χ1n) is 9.92. The Balaban J connectivity index is 1.31. The molecule has 0 radical (unpaired) electrons. The Morgan fingerprint density at radius 1 is 1.04 bits per heavy atom. The highest BCUT2D eigenvalue weighted by Crippen LogP contribution is 2.28. The van der Waals surface area contributed by atoms with Crippen LogP contribution in [0.5, 0.6) is 5.75 Å². The Hall–Kier alpha value is -2.40. The molecule has 2 aromatic rings. The summed E-state index contributed by atoms with van der Waals surface area (Å²) in [6.45, 7) is 4.50. The topological polar surface area (TPSA) is 45.7 Å². The molecule has 4 heterocycles. The normalized spacial score (nSPS) is 22.4. The standard InChI is InChI=1S/C22H27N3O2/c26-22(21-9-4-5-12-23-21)25-16-18-10-11-19(17-25)24(15-18)13-6-14-27-20-7-2-1-3-8-20/h1-5,7-9,12,18-19H,6,10-11,13-17H2/t18-,19-/m0/s1. The van der Waals surface area contributed by atoms with Crippen molar-refractivity contribution in [3.8, 4) is 5.75 Å². The lowest BCUT2D eigenvalue weighted by Crippen LogP contribution is -2.45. The predicted molar refractivity (Wildman–Crippen MR) is 105 cm³/mol. The Labute approximate surface area is 161 Å². The number of hydrogen-bond donors (Lipinski definition) is 0. The van der Waals surface area contributed by atoms with Gasteiger partial charge in [-0.3, -0.25) is 14.7 Å². The first-order valence-corrected chi connectivity index (χ1v) is 9.92. The van der Waals surface area contributed by atoms with Crippen molar-refractivity contribution in [2.75, 3.05) is 32.8 Å². The van der Waals surface area contributed by atoms with Crippen molar-refractivity contribution >= 4 is 5.91 Å². The molecule has 3 saturated heterocycles. The number of hydrogen-bond acceptors (Lipinski definition) is 4. The number of aromatic nitrogens is 1. The zero-order chi connectivity index (χ0) is 18.5. The number of carbonyl (C=O) groups excluding carboxylic acids is 1. The lowest BCUT2D eigenvalue weighted by Gasteiger charge is -2.35. The summed E-state index contributed by atoms with van der Waals surface area (Å²) in [6, 6.07) is 16.0.